The molecule has 0 aliphatic rings. The van der Waals surface area contributed by atoms with Gasteiger partial charge in [-0.05, 0) is 29.8 Å². The van der Waals surface area contributed by atoms with E-state index in [1.165, 1.54) is 0 Å². The fourth-order valence-electron chi connectivity index (χ4n) is 2.79. The molecule has 0 unspecified atom stereocenters. The van der Waals surface area contributed by atoms with Crippen molar-refractivity contribution in [3.05, 3.63) is 72.1 Å². The normalized spacial score (nSPS) is 10.5. The van der Waals surface area contributed by atoms with Gasteiger partial charge >= 0.3 is 0 Å². The third-order valence-corrected chi connectivity index (χ3v) is 4.34. The van der Waals surface area contributed by atoms with Crippen LogP contribution in [-0.2, 0) is 6.54 Å². The predicted octanol–water partition coefficient (Wildman–Crippen LogP) is 3.22. The van der Waals surface area contributed by atoms with E-state index in [1.54, 1.807) is 29.9 Å². The molecule has 6 nitrogen and oxygen atoms in total. The minimum atomic E-state index is -0.182. The Morgan fingerprint density at radius 3 is 2.30 bits per heavy atom. The third kappa shape index (κ3) is 4.11. The Morgan fingerprint density at radius 2 is 1.70 bits per heavy atom. The van der Waals surface area contributed by atoms with Gasteiger partial charge in [-0.1, -0.05) is 30.3 Å². The Kier molecular flexibility index (Phi) is 5.45. The van der Waals surface area contributed by atoms with Gasteiger partial charge in [0.05, 0.1) is 19.0 Å². The first-order valence-electron chi connectivity index (χ1n) is 8.70. The zero-order valence-corrected chi connectivity index (χ0v) is 16.1. The molecule has 0 aliphatic carbocycles. The van der Waals surface area contributed by atoms with Gasteiger partial charge in [-0.25, -0.2) is 4.68 Å². The molecule has 140 valence electrons. The summed E-state index contributed by atoms with van der Waals surface area (Å²) in [5.74, 6) is 0.275. The number of amides is 1. The molecule has 0 saturated heterocycles. The highest BCUT2D eigenvalue weighted by Crippen LogP contribution is 2.22. The highest BCUT2D eigenvalue weighted by molar-refractivity contribution is 5.94. The van der Waals surface area contributed by atoms with Crippen LogP contribution in [0.4, 0.5) is 5.69 Å². The van der Waals surface area contributed by atoms with Crippen molar-refractivity contribution in [2.45, 2.75) is 6.54 Å². The highest BCUT2D eigenvalue weighted by atomic mass is 16.5. The smallest absolute Gasteiger partial charge is 0.278 e. The van der Waals surface area contributed by atoms with E-state index in [-0.39, 0.29) is 5.91 Å². The van der Waals surface area contributed by atoms with Crippen LogP contribution in [0.5, 0.6) is 5.75 Å². The lowest BCUT2D eigenvalue weighted by molar-refractivity contribution is 0.0775. The van der Waals surface area contributed by atoms with E-state index in [2.05, 4.69) is 5.10 Å². The number of aromatic nitrogens is 2. The summed E-state index contributed by atoms with van der Waals surface area (Å²) in [7, 11) is 7.31. The maximum atomic E-state index is 12.9. The summed E-state index contributed by atoms with van der Waals surface area (Å²) in [4.78, 5) is 16.6. The van der Waals surface area contributed by atoms with Crippen molar-refractivity contribution in [2.75, 3.05) is 33.2 Å². The minimum absolute atomic E-state index is 0.182. The molecule has 3 aromatic rings. The molecule has 27 heavy (non-hydrogen) atoms. The lowest BCUT2D eigenvalue weighted by atomic mass is 10.2. The lowest BCUT2D eigenvalue weighted by Crippen LogP contribution is -2.27. The van der Waals surface area contributed by atoms with Gasteiger partial charge in [-0.2, -0.15) is 5.10 Å². The van der Waals surface area contributed by atoms with Crippen LogP contribution in [-0.4, -0.2) is 48.8 Å². The summed E-state index contributed by atoms with van der Waals surface area (Å²) in [6.07, 6.45) is 1.72. The molecule has 1 amide bonds. The van der Waals surface area contributed by atoms with Crippen molar-refractivity contribution in [3.8, 4) is 11.4 Å². The molecule has 0 aliphatic heterocycles. The van der Waals surface area contributed by atoms with Gasteiger partial charge in [0.25, 0.3) is 5.91 Å². The van der Waals surface area contributed by atoms with Crippen LogP contribution in [0.2, 0.25) is 0 Å². The third-order valence-electron chi connectivity index (χ3n) is 4.34. The van der Waals surface area contributed by atoms with E-state index in [9.17, 15) is 4.79 Å². The maximum absolute atomic E-state index is 12.9. The van der Waals surface area contributed by atoms with Crippen LogP contribution >= 0.6 is 0 Å². The number of anilines is 1. The molecule has 0 atom stereocenters. The second-order valence-electron chi connectivity index (χ2n) is 6.55. The van der Waals surface area contributed by atoms with Crippen molar-refractivity contribution in [1.29, 1.82) is 0 Å². The van der Waals surface area contributed by atoms with Crippen molar-refractivity contribution in [2.24, 2.45) is 0 Å². The highest BCUT2D eigenvalue weighted by Gasteiger charge is 2.22. The average Bonchev–Trinajstić information content (AvgIpc) is 3.13. The van der Waals surface area contributed by atoms with Crippen molar-refractivity contribution >= 4 is 11.6 Å². The number of carbonyl (C=O) groups excluding carboxylic acids is 1. The zero-order valence-electron chi connectivity index (χ0n) is 16.1. The molecule has 0 saturated carbocycles. The monoisotopic (exact) mass is 364 g/mol. The van der Waals surface area contributed by atoms with Crippen molar-refractivity contribution in [1.82, 2.24) is 14.7 Å². The average molecular weight is 364 g/mol. The number of benzene rings is 2. The molecule has 0 radical (unpaired) electrons. The SMILES string of the molecule is COc1cn(-c2ccccc2)nc1C(=O)N(C)Cc1ccc(N(C)C)cc1. The second-order valence-corrected chi connectivity index (χ2v) is 6.55. The van der Waals surface area contributed by atoms with Crippen LogP contribution in [0.3, 0.4) is 0 Å². The first-order chi connectivity index (χ1) is 13.0. The zero-order chi connectivity index (χ0) is 19.4. The van der Waals surface area contributed by atoms with Gasteiger partial charge in [0.1, 0.15) is 0 Å². The van der Waals surface area contributed by atoms with E-state index < -0.39 is 0 Å². The van der Waals surface area contributed by atoms with Crippen molar-refractivity contribution < 1.29 is 9.53 Å². The summed E-state index contributed by atoms with van der Waals surface area (Å²) in [5.41, 5.74) is 3.35. The summed E-state index contributed by atoms with van der Waals surface area (Å²) in [6, 6.07) is 17.8. The molecule has 0 N–H and O–H groups in total. The number of carbonyl (C=O) groups is 1. The van der Waals surface area contributed by atoms with E-state index in [1.807, 2.05) is 73.6 Å². The predicted molar refractivity (Wildman–Crippen MR) is 107 cm³/mol. The first kappa shape index (κ1) is 18.5. The number of para-hydroxylation sites is 1. The molecule has 3 rings (SSSR count). The number of hydrogen-bond donors (Lipinski definition) is 0. The Labute approximate surface area is 159 Å². The van der Waals surface area contributed by atoms with E-state index in [0.29, 0.717) is 18.0 Å². The van der Waals surface area contributed by atoms with Gasteiger partial charge < -0.3 is 14.5 Å². The summed E-state index contributed by atoms with van der Waals surface area (Å²) in [6.45, 7) is 0.494. The van der Waals surface area contributed by atoms with Crippen LogP contribution in [0.25, 0.3) is 5.69 Å². The fourth-order valence-corrected chi connectivity index (χ4v) is 2.79. The largest absolute Gasteiger partial charge is 0.493 e. The fraction of sp³-hybridized carbons (Fsp3) is 0.238. The number of hydrogen-bond acceptors (Lipinski definition) is 4. The summed E-state index contributed by atoms with van der Waals surface area (Å²) < 4.78 is 7.03. The Bertz CT molecular complexity index is 902. The number of nitrogens with zero attached hydrogens (tertiary/aromatic N) is 4. The molecule has 1 heterocycles. The summed E-state index contributed by atoms with van der Waals surface area (Å²) in [5, 5.41) is 4.45. The second kappa shape index (κ2) is 7.95. The van der Waals surface area contributed by atoms with Gasteiger partial charge in [-0.15, -0.1) is 0 Å². The van der Waals surface area contributed by atoms with Crippen LogP contribution in [0.15, 0.2) is 60.8 Å². The van der Waals surface area contributed by atoms with E-state index in [0.717, 1.165) is 16.9 Å². The van der Waals surface area contributed by atoms with Gasteiger partial charge in [0.2, 0.25) is 0 Å². The van der Waals surface area contributed by atoms with Gasteiger partial charge in [-0.3, -0.25) is 4.79 Å². The molecule has 0 spiro atoms. The molecular formula is C21H24N4O2. The van der Waals surface area contributed by atoms with Crippen molar-refractivity contribution in [3.63, 3.8) is 0 Å². The van der Waals surface area contributed by atoms with Crippen LogP contribution < -0.4 is 9.64 Å². The molecule has 2 aromatic carbocycles. The number of rotatable bonds is 6. The Morgan fingerprint density at radius 1 is 1.04 bits per heavy atom. The van der Waals surface area contributed by atoms with Crippen LogP contribution in [0.1, 0.15) is 16.1 Å². The van der Waals surface area contributed by atoms with E-state index >= 15 is 0 Å². The first-order valence-corrected chi connectivity index (χ1v) is 8.70. The van der Waals surface area contributed by atoms with E-state index in [4.69, 9.17) is 4.74 Å². The Balaban J connectivity index is 1.79. The molecule has 1 aromatic heterocycles. The van der Waals surface area contributed by atoms with Gasteiger partial charge in [0.15, 0.2) is 11.4 Å². The standard InChI is InChI=1S/C21H24N4O2/c1-23(2)17-12-10-16(11-13-17)14-24(3)21(26)20-19(27-4)15-25(22-20)18-8-6-5-7-9-18/h5-13,15H,14H2,1-4H3. The Hall–Kier alpha value is -3.28. The van der Waals surface area contributed by atoms with Gasteiger partial charge in [0, 0.05) is 33.4 Å². The summed E-state index contributed by atoms with van der Waals surface area (Å²) >= 11 is 0. The lowest BCUT2D eigenvalue weighted by Gasteiger charge is -2.18. The maximum Gasteiger partial charge on any atom is 0.278 e. The quantitative estimate of drug-likeness (QED) is 0.674. The molecule has 6 heteroatoms. The number of methoxy groups -OCH3 is 1. The number of ether oxygens (including phenoxy) is 1. The molecular weight excluding hydrogens is 340 g/mol. The topological polar surface area (TPSA) is 50.6 Å². The molecule has 0 fully saturated rings. The molecule has 0 bridgehead atoms. The minimum Gasteiger partial charge on any atom is -0.493 e. The van der Waals surface area contributed by atoms with Crippen LogP contribution in [0, 0.1) is 0 Å².